The van der Waals surface area contributed by atoms with E-state index in [1.54, 1.807) is 0 Å². The van der Waals surface area contributed by atoms with E-state index in [4.69, 9.17) is 4.18 Å². The number of hydrogen-bond donors (Lipinski definition) is 0. The fourth-order valence-electron chi connectivity index (χ4n) is 4.23. The van der Waals surface area contributed by atoms with Gasteiger partial charge >= 0.3 is 0 Å². The number of hydrogen-bond acceptors (Lipinski definition) is 3. The molecule has 2 aliphatic carbocycles. The Labute approximate surface area is 127 Å². The maximum atomic E-state index is 11.6. The second-order valence-corrected chi connectivity index (χ2v) is 8.23. The van der Waals surface area contributed by atoms with E-state index in [2.05, 4.69) is 12.1 Å². The molecular formula is C17H24O3S. The van der Waals surface area contributed by atoms with E-state index in [-0.39, 0.29) is 12.0 Å². The fourth-order valence-corrected chi connectivity index (χ4v) is 4.89. The molecule has 0 radical (unpaired) electrons. The van der Waals surface area contributed by atoms with Crippen molar-refractivity contribution in [3.63, 3.8) is 0 Å². The third-order valence-corrected chi connectivity index (χ3v) is 5.73. The SMILES string of the molecule is CS(=O)(=O)O[C@H]1C[C@H]2CCCC[C@@H]2C[C@@H]1c1ccccc1. The maximum Gasteiger partial charge on any atom is 0.264 e. The third-order valence-electron chi connectivity index (χ3n) is 5.13. The smallest absolute Gasteiger partial charge is 0.264 e. The first-order chi connectivity index (χ1) is 10.0. The Morgan fingerprint density at radius 3 is 2.24 bits per heavy atom. The van der Waals surface area contributed by atoms with E-state index in [9.17, 15) is 8.42 Å². The fraction of sp³-hybridized carbons (Fsp3) is 0.647. The second kappa shape index (κ2) is 6.09. The third kappa shape index (κ3) is 3.67. The lowest BCUT2D eigenvalue weighted by molar-refractivity contribution is 0.0496. The molecule has 2 aliphatic rings. The average molecular weight is 308 g/mol. The van der Waals surface area contributed by atoms with Crippen molar-refractivity contribution in [3.05, 3.63) is 35.9 Å². The van der Waals surface area contributed by atoms with Crippen molar-refractivity contribution >= 4 is 10.1 Å². The number of rotatable bonds is 3. The van der Waals surface area contributed by atoms with Crippen molar-refractivity contribution in [2.45, 2.75) is 50.5 Å². The van der Waals surface area contributed by atoms with Crippen molar-refractivity contribution < 1.29 is 12.6 Å². The Balaban J connectivity index is 1.85. The van der Waals surface area contributed by atoms with Gasteiger partial charge in [0, 0.05) is 5.92 Å². The molecule has 3 rings (SSSR count). The van der Waals surface area contributed by atoms with E-state index < -0.39 is 10.1 Å². The number of benzene rings is 1. The Kier molecular flexibility index (Phi) is 4.36. The summed E-state index contributed by atoms with van der Waals surface area (Å²) in [5.74, 6) is 1.59. The summed E-state index contributed by atoms with van der Waals surface area (Å²) in [6.07, 6.45) is 8.05. The van der Waals surface area contributed by atoms with Crippen LogP contribution in [0.2, 0.25) is 0 Å². The zero-order chi connectivity index (χ0) is 14.9. The molecule has 2 saturated carbocycles. The second-order valence-electron chi connectivity index (χ2n) is 6.63. The van der Waals surface area contributed by atoms with Crippen molar-refractivity contribution in [1.82, 2.24) is 0 Å². The molecule has 0 saturated heterocycles. The summed E-state index contributed by atoms with van der Waals surface area (Å²) < 4.78 is 28.7. The molecule has 4 heteroatoms. The Morgan fingerprint density at radius 2 is 1.62 bits per heavy atom. The average Bonchev–Trinajstić information content (AvgIpc) is 2.46. The predicted molar refractivity (Wildman–Crippen MR) is 83.6 cm³/mol. The minimum atomic E-state index is -3.40. The van der Waals surface area contributed by atoms with Gasteiger partial charge in [-0.05, 0) is 30.2 Å². The summed E-state index contributed by atoms with van der Waals surface area (Å²) in [6, 6.07) is 10.3. The van der Waals surface area contributed by atoms with Crippen molar-refractivity contribution in [2.75, 3.05) is 6.26 Å². The van der Waals surface area contributed by atoms with Gasteiger partial charge in [0.05, 0.1) is 12.4 Å². The van der Waals surface area contributed by atoms with E-state index in [0.29, 0.717) is 5.92 Å². The quantitative estimate of drug-likeness (QED) is 0.799. The monoisotopic (exact) mass is 308 g/mol. The highest BCUT2D eigenvalue weighted by Crippen LogP contribution is 2.47. The van der Waals surface area contributed by atoms with Crippen molar-refractivity contribution in [3.8, 4) is 0 Å². The van der Waals surface area contributed by atoms with Gasteiger partial charge in [0.1, 0.15) is 0 Å². The Morgan fingerprint density at radius 1 is 1.00 bits per heavy atom. The van der Waals surface area contributed by atoms with Crippen molar-refractivity contribution in [2.24, 2.45) is 11.8 Å². The molecule has 2 fully saturated rings. The van der Waals surface area contributed by atoms with Crippen LogP contribution in [0.15, 0.2) is 30.3 Å². The molecule has 0 heterocycles. The van der Waals surface area contributed by atoms with Crippen LogP contribution in [0.3, 0.4) is 0 Å². The number of fused-ring (bicyclic) bond motifs is 1. The van der Waals surface area contributed by atoms with E-state index in [0.717, 1.165) is 18.8 Å². The summed E-state index contributed by atoms with van der Waals surface area (Å²) in [5, 5.41) is 0. The van der Waals surface area contributed by atoms with Crippen LogP contribution in [0, 0.1) is 11.8 Å². The van der Waals surface area contributed by atoms with E-state index in [1.807, 2.05) is 18.2 Å². The highest BCUT2D eigenvalue weighted by Gasteiger charge is 2.40. The zero-order valence-electron chi connectivity index (χ0n) is 12.6. The molecule has 1 aromatic carbocycles. The van der Waals surface area contributed by atoms with Gasteiger partial charge in [-0.3, -0.25) is 4.18 Å². The van der Waals surface area contributed by atoms with Gasteiger partial charge < -0.3 is 0 Å². The molecule has 3 nitrogen and oxygen atoms in total. The molecule has 0 spiro atoms. The molecule has 21 heavy (non-hydrogen) atoms. The first-order valence-corrected chi connectivity index (χ1v) is 9.78. The van der Waals surface area contributed by atoms with Crippen LogP contribution in [-0.2, 0) is 14.3 Å². The van der Waals surface area contributed by atoms with Crippen LogP contribution in [-0.4, -0.2) is 20.8 Å². The predicted octanol–water partition coefficient (Wildman–Crippen LogP) is 3.72. The van der Waals surface area contributed by atoms with E-state index >= 15 is 0 Å². The Bertz CT molecular complexity index is 567. The molecule has 116 valence electrons. The molecule has 0 amide bonds. The topological polar surface area (TPSA) is 43.4 Å². The van der Waals surface area contributed by atoms with Gasteiger partial charge in [0.25, 0.3) is 10.1 Å². The van der Waals surface area contributed by atoms with Crippen LogP contribution in [0.25, 0.3) is 0 Å². The molecule has 1 aromatic rings. The molecule has 4 atom stereocenters. The molecular weight excluding hydrogens is 284 g/mol. The van der Waals surface area contributed by atoms with Gasteiger partial charge in [-0.25, -0.2) is 0 Å². The van der Waals surface area contributed by atoms with Gasteiger partial charge in [-0.15, -0.1) is 0 Å². The maximum absolute atomic E-state index is 11.6. The van der Waals surface area contributed by atoms with Gasteiger partial charge in [0.15, 0.2) is 0 Å². The summed E-state index contributed by atoms with van der Waals surface area (Å²) in [6.45, 7) is 0. The van der Waals surface area contributed by atoms with Gasteiger partial charge in [-0.2, -0.15) is 8.42 Å². The Hall–Kier alpha value is -0.870. The lowest BCUT2D eigenvalue weighted by Gasteiger charge is -2.43. The van der Waals surface area contributed by atoms with Crippen molar-refractivity contribution in [1.29, 1.82) is 0 Å². The van der Waals surface area contributed by atoms with Crippen LogP contribution < -0.4 is 0 Å². The standard InChI is InChI=1S/C17H24O3S/c1-21(18,19)20-17-12-15-10-6-5-9-14(15)11-16(17)13-7-3-2-4-8-13/h2-4,7-8,14-17H,5-6,9-12H2,1H3/t14-,15-,16-,17+/m1/s1. The minimum Gasteiger partial charge on any atom is -0.266 e. The lowest BCUT2D eigenvalue weighted by Crippen LogP contribution is -2.38. The zero-order valence-corrected chi connectivity index (χ0v) is 13.4. The summed E-state index contributed by atoms with van der Waals surface area (Å²) >= 11 is 0. The van der Waals surface area contributed by atoms with Crippen LogP contribution in [0.1, 0.15) is 50.0 Å². The van der Waals surface area contributed by atoms with Gasteiger partial charge in [0.2, 0.25) is 0 Å². The molecule has 0 aromatic heterocycles. The highest BCUT2D eigenvalue weighted by atomic mass is 32.2. The largest absolute Gasteiger partial charge is 0.266 e. The first-order valence-electron chi connectivity index (χ1n) is 7.96. The van der Waals surface area contributed by atoms with Crippen LogP contribution in [0.5, 0.6) is 0 Å². The molecule has 0 aliphatic heterocycles. The lowest BCUT2D eigenvalue weighted by atomic mass is 9.65. The highest BCUT2D eigenvalue weighted by molar-refractivity contribution is 7.86. The molecule has 0 bridgehead atoms. The molecule has 0 N–H and O–H groups in total. The van der Waals surface area contributed by atoms with Crippen LogP contribution in [0.4, 0.5) is 0 Å². The minimum absolute atomic E-state index is 0.193. The summed E-state index contributed by atoms with van der Waals surface area (Å²) in [4.78, 5) is 0. The van der Waals surface area contributed by atoms with Gasteiger partial charge in [-0.1, -0.05) is 56.0 Å². The molecule has 0 unspecified atom stereocenters. The summed E-state index contributed by atoms with van der Waals surface area (Å²) in [7, 11) is -3.40. The van der Waals surface area contributed by atoms with E-state index in [1.165, 1.54) is 37.5 Å². The normalized spacial score (nSPS) is 33.4. The summed E-state index contributed by atoms with van der Waals surface area (Å²) in [5.41, 5.74) is 1.22. The first kappa shape index (κ1) is 15.0. The van der Waals surface area contributed by atoms with Crippen LogP contribution >= 0.6 is 0 Å².